The Morgan fingerprint density at radius 3 is 2.58 bits per heavy atom. The number of aryl methyl sites for hydroxylation is 2. The predicted molar refractivity (Wildman–Crippen MR) is 83.9 cm³/mol. The van der Waals surface area contributed by atoms with E-state index in [0.717, 1.165) is 37.7 Å². The number of hydrogen-bond donors (Lipinski definition) is 1. The minimum atomic E-state index is 1.01. The van der Waals surface area contributed by atoms with E-state index in [2.05, 4.69) is 50.4 Å². The molecule has 1 N–H and O–H groups in total. The Morgan fingerprint density at radius 2 is 1.89 bits per heavy atom. The zero-order chi connectivity index (χ0) is 13.7. The molecular formula is C17H24N2. The number of anilines is 1. The van der Waals surface area contributed by atoms with Gasteiger partial charge in [-0.15, -0.1) is 0 Å². The molecule has 2 aromatic rings. The van der Waals surface area contributed by atoms with Crippen LogP contribution in [-0.4, -0.2) is 11.5 Å². The van der Waals surface area contributed by atoms with Crippen molar-refractivity contribution >= 4 is 16.6 Å². The van der Waals surface area contributed by atoms with Crippen LogP contribution in [0.25, 0.3) is 10.9 Å². The maximum absolute atomic E-state index is 4.77. The number of rotatable bonds is 6. The fraction of sp³-hybridized carbons (Fsp3) is 0.471. The largest absolute Gasteiger partial charge is 0.384 e. The van der Waals surface area contributed by atoms with E-state index < -0.39 is 0 Å². The summed E-state index contributed by atoms with van der Waals surface area (Å²) in [6, 6.07) is 8.84. The fourth-order valence-electron chi connectivity index (χ4n) is 2.34. The van der Waals surface area contributed by atoms with E-state index in [1.165, 1.54) is 22.3 Å². The lowest BCUT2D eigenvalue weighted by Crippen LogP contribution is -2.03. The first kappa shape index (κ1) is 13.9. The molecule has 0 atom stereocenters. The standard InChI is InChI=1S/C17H24N2/c1-4-7-14-12-17(18-10-5-2)15-11-13(6-3)8-9-16(15)19-14/h8-9,11-12H,4-7,10H2,1-3H3,(H,18,19). The molecule has 0 radical (unpaired) electrons. The quantitative estimate of drug-likeness (QED) is 0.818. The lowest BCUT2D eigenvalue weighted by Gasteiger charge is -2.12. The van der Waals surface area contributed by atoms with E-state index >= 15 is 0 Å². The smallest absolute Gasteiger partial charge is 0.0726 e. The fourth-order valence-corrected chi connectivity index (χ4v) is 2.34. The van der Waals surface area contributed by atoms with Gasteiger partial charge in [0.15, 0.2) is 0 Å². The molecule has 0 saturated carbocycles. The molecule has 0 fully saturated rings. The summed E-state index contributed by atoms with van der Waals surface area (Å²) in [5.41, 5.74) is 4.92. The van der Waals surface area contributed by atoms with Crippen LogP contribution in [0.3, 0.4) is 0 Å². The number of pyridine rings is 1. The van der Waals surface area contributed by atoms with E-state index in [1.807, 2.05) is 0 Å². The number of benzene rings is 1. The van der Waals surface area contributed by atoms with Gasteiger partial charge in [-0.2, -0.15) is 0 Å². The number of fused-ring (bicyclic) bond motifs is 1. The van der Waals surface area contributed by atoms with Gasteiger partial charge in [0.05, 0.1) is 5.52 Å². The Labute approximate surface area is 116 Å². The minimum absolute atomic E-state index is 1.01. The summed E-state index contributed by atoms with van der Waals surface area (Å²) < 4.78 is 0. The van der Waals surface area contributed by atoms with Gasteiger partial charge in [-0.05, 0) is 43.0 Å². The second kappa shape index (κ2) is 6.55. The number of aromatic nitrogens is 1. The van der Waals surface area contributed by atoms with Crippen LogP contribution in [0.5, 0.6) is 0 Å². The normalized spacial score (nSPS) is 10.9. The molecule has 0 aliphatic rings. The van der Waals surface area contributed by atoms with Gasteiger partial charge in [-0.25, -0.2) is 0 Å². The monoisotopic (exact) mass is 256 g/mol. The molecule has 0 bridgehead atoms. The lowest BCUT2D eigenvalue weighted by molar-refractivity contribution is 0.888. The second-order valence-electron chi connectivity index (χ2n) is 5.04. The topological polar surface area (TPSA) is 24.9 Å². The third-order valence-corrected chi connectivity index (χ3v) is 3.41. The third kappa shape index (κ3) is 3.25. The molecule has 102 valence electrons. The van der Waals surface area contributed by atoms with Crippen molar-refractivity contribution in [3.05, 3.63) is 35.5 Å². The van der Waals surface area contributed by atoms with Crippen LogP contribution in [0.1, 0.15) is 44.9 Å². The molecule has 2 rings (SSSR count). The van der Waals surface area contributed by atoms with Crippen LogP contribution in [0.15, 0.2) is 24.3 Å². The Kier molecular flexibility index (Phi) is 4.78. The molecule has 2 nitrogen and oxygen atoms in total. The summed E-state index contributed by atoms with van der Waals surface area (Å²) in [6.45, 7) is 7.60. The van der Waals surface area contributed by atoms with E-state index in [4.69, 9.17) is 4.98 Å². The van der Waals surface area contributed by atoms with E-state index in [0.29, 0.717) is 0 Å². The molecule has 1 heterocycles. The first-order valence-corrected chi connectivity index (χ1v) is 7.44. The molecule has 0 spiro atoms. The summed E-state index contributed by atoms with van der Waals surface area (Å²) in [5, 5.41) is 4.80. The summed E-state index contributed by atoms with van der Waals surface area (Å²) >= 11 is 0. The Hall–Kier alpha value is -1.57. The van der Waals surface area contributed by atoms with Crippen molar-refractivity contribution in [1.29, 1.82) is 0 Å². The van der Waals surface area contributed by atoms with Crippen LogP contribution in [0.2, 0.25) is 0 Å². The Balaban J connectivity index is 2.50. The van der Waals surface area contributed by atoms with Crippen molar-refractivity contribution in [3.8, 4) is 0 Å². The van der Waals surface area contributed by atoms with Gasteiger partial charge in [0, 0.05) is 23.3 Å². The zero-order valence-electron chi connectivity index (χ0n) is 12.3. The zero-order valence-corrected chi connectivity index (χ0v) is 12.3. The van der Waals surface area contributed by atoms with Gasteiger partial charge in [-0.1, -0.05) is 33.3 Å². The van der Waals surface area contributed by atoms with E-state index in [9.17, 15) is 0 Å². The molecule has 0 aliphatic carbocycles. The third-order valence-electron chi connectivity index (χ3n) is 3.41. The van der Waals surface area contributed by atoms with Gasteiger partial charge in [0.2, 0.25) is 0 Å². The molecule has 1 aromatic carbocycles. The van der Waals surface area contributed by atoms with Gasteiger partial charge in [0.1, 0.15) is 0 Å². The average Bonchev–Trinajstić information content (AvgIpc) is 2.44. The first-order chi connectivity index (χ1) is 9.28. The second-order valence-corrected chi connectivity index (χ2v) is 5.04. The first-order valence-electron chi connectivity index (χ1n) is 7.44. The summed E-state index contributed by atoms with van der Waals surface area (Å²) in [6.07, 6.45) is 4.39. The molecule has 0 saturated heterocycles. The Morgan fingerprint density at radius 1 is 1.05 bits per heavy atom. The van der Waals surface area contributed by atoms with Gasteiger partial charge in [0.25, 0.3) is 0 Å². The van der Waals surface area contributed by atoms with Crippen LogP contribution < -0.4 is 5.32 Å². The molecule has 0 amide bonds. The summed E-state index contributed by atoms with van der Waals surface area (Å²) in [5.74, 6) is 0. The van der Waals surface area contributed by atoms with Crippen molar-refractivity contribution in [1.82, 2.24) is 4.98 Å². The predicted octanol–water partition coefficient (Wildman–Crippen LogP) is 4.57. The van der Waals surface area contributed by atoms with Crippen LogP contribution in [0.4, 0.5) is 5.69 Å². The van der Waals surface area contributed by atoms with Crippen LogP contribution in [-0.2, 0) is 12.8 Å². The SMILES string of the molecule is CCCNc1cc(CCC)nc2ccc(CC)cc12. The maximum atomic E-state index is 4.77. The lowest BCUT2D eigenvalue weighted by atomic mass is 10.1. The van der Waals surface area contributed by atoms with E-state index in [-0.39, 0.29) is 0 Å². The maximum Gasteiger partial charge on any atom is 0.0726 e. The van der Waals surface area contributed by atoms with Crippen molar-refractivity contribution < 1.29 is 0 Å². The highest BCUT2D eigenvalue weighted by atomic mass is 14.9. The van der Waals surface area contributed by atoms with Gasteiger partial charge < -0.3 is 5.32 Å². The highest BCUT2D eigenvalue weighted by Gasteiger charge is 2.06. The highest BCUT2D eigenvalue weighted by Crippen LogP contribution is 2.25. The van der Waals surface area contributed by atoms with Gasteiger partial charge in [-0.3, -0.25) is 4.98 Å². The summed E-state index contributed by atoms with van der Waals surface area (Å²) in [7, 11) is 0. The minimum Gasteiger partial charge on any atom is -0.384 e. The van der Waals surface area contributed by atoms with Crippen molar-refractivity contribution in [2.75, 3.05) is 11.9 Å². The molecule has 0 unspecified atom stereocenters. The summed E-state index contributed by atoms with van der Waals surface area (Å²) in [4.78, 5) is 4.77. The van der Waals surface area contributed by atoms with Crippen molar-refractivity contribution in [2.24, 2.45) is 0 Å². The van der Waals surface area contributed by atoms with Crippen LogP contribution in [0, 0.1) is 0 Å². The average molecular weight is 256 g/mol. The Bertz CT molecular complexity index is 546. The number of nitrogens with one attached hydrogen (secondary N) is 1. The molecule has 1 aromatic heterocycles. The molecular weight excluding hydrogens is 232 g/mol. The van der Waals surface area contributed by atoms with E-state index in [1.54, 1.807) is 0 Å². The molecule has 2 heteroatoms. The van der Waals surface area contributed by atoms with Crippen molar-refractivity contribution in [2.45, 2.75) is 46.5 Å². The van der Waals surface area contributed by atoms with Crippen molar-refractivity contribution in [3.63, 3.8) is 0 Å². The number of nitrogens with zero attached hydrogens (tertiary/aromatic N) is 1. The highest BCUT2D eigenvalue weighted by molar-refractivity contribution is 5.92. The number of hydrogen-bond acceptors (Lipinski definition) is 2. The molecule has 0 aliphatic heterocycles. The van der Waals surface area contributed by atoms with Gasteiger partial charge >= 0.3 is 0 Å². The van der Waals surface area contributed by atoms with Crippen LogP contribution >= 0.6 is 0 Å². The molecule has 19 heavy (non-hydrogen) atoms.